The van der Waals surface area contributed by atoms with Crippen molar-refractivity contribution in [3.63, 3.8) is 0 Å². The minimum Gasteiger partial charge on any atom is -0.496 e. The van der Waals surface area contributed by atoms with E-state index in [2.05, 4.69) is 15.1 Å². The van der Waals surface area contributed by atoms with Crippen LogP contribution in [0.15, 0.2) is 29.1 Å². The maximum absolute atomic E-state index is 12.9. The second kappa shape index (κ2) is 8.24. The lowest BCUT2D eigenvalue weighted by molar-refractivity contribution is -0.118. The lowest BCUT2D eigenvalue weighted by atomic mass is 10.1. The number of aromatic amines is 1. The number of hydrogen-bond donors (Lipinski definition) is 1. The van der Waals surface area contributed by atoms with Gasteiger partial charge in [0.2, 0.25) is 11.9 Å². The molecule has 0 aliphatic heterocycles. The molecule has 0 aliphatic rings. The summed E-state index contributed by atoms with van der Waals surface area (Å²) in [6.45, 7) is 5.80. The molecule has 0 aliphatic carbocycles. The number of carbonyl (C=O) groups is 1. The Balaban J connectivity index is 2.06. The van der Waals surface area contributed by atoms with Crippen LogP contribution in [0.2, 0.25) is 0 Å². The summed E-state index contributed by atoms with van der Waals surface area (Å²) < 4.78 is 6.69. The Morgan fingerprint density at radius 2 is 2.00 bits per heavy atom. The summed E-state index contributed by atoms with van der Waals surface area (Å²) in [6, 6.07) is 7.52. The second-order valence-corrected chi connectivity index (χ2v) is 6.71. The van der Waals surface area contributed by atoms with E-state index in [0.717, 1.165) is 18.4 Å². The fourth-order valence-electron chi connectivity index (χ4n) is 2.96. The van der Waals surface area contributed by atoms with Gasteiger partial charge < -0.3 is 4.74 Å². The Bertz CT molecular complexity index is 1050. The molecular weight excluding hydrogens is 358 g/mol. The van der Waals surface area contributed by atoms with Crippen molar-refractivity contribution in [2.75, 3.05) is 12.0 Å². The highest BCUT2D eigenvalue weighted by atomic mass is 16.5. The zero-order valence-electron chi connectivity index (χ0n) is 16.7. The summed E-state index contributed by atoms with van der Waals surface area (Å²) in [4.78, 5) is 35.8. The summed E-state index contributed by atoms with van der Waals surface area (Å²) in [5.41, 5.74) is 1.79. The van der Waals surface area contributed by atoms with Crippen LogP contribution in [0, 0.1) is 13.8 Å². The Morgan fingerprint density at radius 3 is 2.71 bits per heavy atom. The number of H-pyrrole nitrogens is 1. The third-order valence-corrected chi connectivity index (χ3v) is 4.77. The van der Waals surface area contributed by atoms with Gasteiger partial charge in [-0.15, -0.1) is 0 Å². The minimum atomic E-state index is -0.223. The summed E-state index contributed by atoms with van der Waals surface area (Å²) in [5, 5.41) is 2.94. The van der Waals surface area contributed by atoms with Crippen molar-refractivity contribution in [1.29, 1.82) is 0 Å². The van der Waals surface area contributed by atoms with Crippen LogP contribution in [0.1, 0.15) is 43.0 Å². The molecule has 0 spiro atoms. The van der Waals surface area contributed by atoms with Crippen LogP contribution in [0.4, 0.5) is 5.95 Å². The SMILES string of the molecule is CCCCC(=O)N(Cc1ccccc1OC)c1nc2nc(C)c(C)c(=O)n2[nH]1. The molecule has 0 fully saturated rings. The van der Waals surface area contributed by atoms with Crippen molar-refractivity contribution in [1.82, 2.24) is 19.6 Å². The monoisotopic (exact) mass is 383 g/mol. The van der Waals surface area contributed by atoms with Crippen LogP contribution in [0.3, 0.4) is 0 Å². The first kappa shape index (κ1) is 19.6. The number of unbranched alkanes of at least 4 members (excludes halogenated alkanes) is 1. The van der Waals surface area contributed by atoms with Crippen LogP contribution in [-0.4, -0.2) is 32.6 Å². The van der Waals surface area contributed by atoms with Crippen molar-refractivity contribution in [2.45, 2.75) is 46.6 Å². The molecule has 0 radical (unpaired) electrons. The number of methoxy groups -OCH3 is 1. The number of rotatable bonds is 7. The molecule has 0 saturated heterocycles. The average Bonchev–Trinajstić information content (AvgIpc) is 3.12. The van der Waals surface area contributed by atoms with Crippen molar-refractivity contribution in [2.24, 2.45) is 0 Å². The number of benzene rings is 1. The van der Waals surface area contributed by atoms with E-state index in [-0.39, 0.29) is 23.8 Å². The quantitative estimate of drug-likeness (QED) is 0.677. The zero-order valence-corrected chi connectivity index (χ0v) is 16.7. The Kier molecular flexibility index (Phi) is 5.77. The average molecular weight is 383 g/mol. The van der Waals surface area contributed by atoms with E-state index in [1.165, 1.54) is 4.52 Å². The van der Waals surface area contributed by atoms with E-state index >= 15 is 0 Å². The molecule has 0 unspecified atom stereocenters. The molecule has 1 amide bonds. The number of amides is 1. The maximum Gasteiger partial charge on any atom is 0.277 e. The van der Waals surface area contributed by atoms with Gasteiger partial charge >= 0.3 is 0 Å². The van der Waals surface area contributed by atoms with Crippen LogP contribution >= 0.6 is 0 Å². The molecule has 3 aromatic rings. The van der Waals surface area contributed by atoms with E-state index in [9.17, 15) is 9.59 Å². The highest BCUT2D eigenvalue weighted by Gasteiger charge is 2.22. The largest absolute Gasteiger partial charge is 0.496 e. The van der Waals surface area contributed by atoms with Gasteiger partial charge in [0.1, 0.15) is 5.75 Å². The zero-order chi connectivity index (χ0) is 20.3. The molecular formula is C20H25N5O3. The lowest BCUT2D eigenvalue weighted by Crippen LogP contribution is -2.31. The van der Waals surface area contributed by atoms with Gasteiger partial charge in [0.05, 0.1) is 13.7 Å². The Hall–Kier alpha value is -3.16. The summed E-state index contributed by atoms with van der Waals surface area (Å²) in [7, 11) is 1.60. The van der Waals surface area contributed by atoms with Gasteiger partial charge in [0.25, 0.3) is 11.3 Å². The first-order valence-electron chi connectivity index (χ1n) is 9.34. The molecule has 28 heavy (non-hydrogen) atoms. The molecule has 3 rings (SSSR count). The molecule has 0 bridgehead atoms. The van der Waals surface area contributed by atoms with Gasteiger partial charge in [-0.05, 0) is 26.3 Å². The number of para-hydroxylation sites is 1. The normalized spacial score (nSPS) is 11.0. The smallest absolute Gasteiger partial charge is 0.277 e. The molecule has 2 heterocycles. The van der Waals surface area contributed by atoms with Gasteiger partial charge in [0.15, 0.2) is 0 Å². The van der Waals surface area contributed by atoms with Gasteiger partial charge in [-0.1, -0.05) is 31.5 Å². The molecule has 148 valence electrons. The van der Waals surface area contributed by atoms with Gasteiger partial charge in [-0.25, -0.2) is 4.98 Å². The van der Waals surface area contributed by atoms with Gasteiger partial charge in [-0.3, -0.25) is 19.6 Å². The molecule has 8 heteroatoms. The minimum absolute atomic E-state index is 0.0756. The first-order chi connectivity index (χ1) is 13.5. The fourth-order valence-corrected chi connectivity index (χ4v) is 2.96. The number of aromatic nitrogens is 4. The maximum atomic E-state index is 12.9. The predicted molar refractivity (Wildman–Crippen MR) is 107 cm³/mol. The van der Waals surface area contributed by atoms with Crippen LogP contribution in [0.25, 0.3) is 5.78 Å². The summed E-state index contributed by atoms with van der Waals surface area (Å²) in [6.07, 6.45) is 2.08. The van der Waals surface area contributed by atoms with Crippen molar-refractivity contribution < 1.29 is 9.53 Å². The number of nitrogens with zero attached hydrogens (tertiary/aromatic N) is 4. The highest BCUT2D eigenvalue weighted by molar-refractivity contribution is 5.91. The number of ether oxygens (including phenoxy) is 1. The van der Waals surface area contributed by atoms with E-state index < -0.39 is 0 Å². The van der Waals surface area contributed by atoms with E-state index in [4.69, 9.17) is 4.74 Å². The number of nitrogens with one attached hydrogen (secondary N) is 1. The number of aryl methyl sites for hydroxylation is 1. The number of anilines is 1. The third kappa shape index (κ3) is 3.76. The molecule has 1 aromatic carbocycles. The molecule has 0 saturated carbocycles. The van der Waals surface area contributed by atoms with Crippen LogP contribution in [-0.2, 0) is 11.3 Å². The molecule has 8 nitrogen and oxygen atoms in total. The second-order valence-electron chi connectivity index (χ2n) is 6.71. The lowest BCUT2D eigenvalue weighted by Gasteiger charge is -2.21. The number of carbonyl (C=O) groups excluding carboxylic acids is 1. The highest BCUT2D eigenvalue weighted by Crippen LogP contribution is 2.22. The van der Waals surface area contributed by atoms with Crippen molar-refractivity contribution in [3.05, 3.63) is 51.4 Å². The number of hydrogen-bond acceptors (Lipinski definition) is 5. The Labute approximate surface area is 163 Å². The molecule has 2 aromatic heterocycles. The summed E-state index contributed by atoms with van der Waals surface area (Å²) in [5.74, 6) is 1.15. The Morgan fingerprint density at radius 1 is 1.25 bits per heavy atom. The van der Waals surface area contributed by atoms with Gasteiger partial charge in [-0.2, -0.15) is 9.50 Å². The van der Waals surface area contributed by atoms with Crippen molar-refractivity contribution >= 4 is 17.6 Å². The van der Waals surface area contributed by atoms with Crippen molar-refractivity contribution in [3.8, 4) is 5.75 Å². The van der Waals surface area contributed by atoms with E-state index in [0.29, 0.717) is 29.4 Å². The fraction of sp³-hybridized carbons (Fsp3) is 0.400. The standard InChI is InChI=1S/C20H25N5O3/c1-5-6-11-17(26)24(12-15-9-7-8-10-16(15)28-4)20-22-19-21-14(3)13(2)18(27)25(19)23-20/h7-10H,5-6,11-12H2,1-4H3,(H,21,22,23). The molecule has 1 N–H and O–H groups in total. The van der Waals surface area contributed by atoms with E-state index in [1.807, 2.05) is 31.2 Å². The molecule has 0 atom stereocenters. The third-order valence-electron chi connectivity index (χ3n) is 4.77. The summed E-state index contributed by atoms with van der Waals surface area (Å²) >= 11 is 0. The topological polar surface area (TPSA) is 92.6 Å². The first-order valence-corrected chi connectivity index (χ1v) is 9.34. The van der Waals surface area contributed by atoms with Crippen LogP contribution in [0.5, 0.6) is 5.75 Å². The predicted octanol–water partition coefficient (Wildman–Crippen LogP) is 2.77. The van der Waals surface area contributed by atoms with Gasteiger partial charge in [0, 0.05) is 23.2 Å². The van der Waals surface area contributed by atoms with E-state index in [1.54, 1.807) is 25.9 Å². The number of fused-ring (bicyclic) bond motifs is 1. The van der Waals surface area contributed by atoms with Crippen LogP contribution < -0.4 is 15.2 Å².